The van der Waals surface area contributed by atoms with E-state index in [2.05, 4.69) is 9.97 Å². The maximum atomic E-state index is 5.81. The second-order valence-electron chi connectivity index (χ2n) is 1.94. The van der Waals surface area contributed by atoms with Gasteiger partial charge in [0.15, 0.2) is 0 Å². The van der Waals surface area contributed by atoms with Crippen molar-refractivity contribution in [2.75, 3.05) is 0 Å². The zero-order chi connectivity index (χ0) is 10.2. The van der Waals surface area contributed by atoms with E-state index in [-0.39, 0.29) is 16.0 Å². The number of rotatable bonds is 0. The van der Waals surface area contributed by atoms with E-state index in [0.29, 0.717) is 3.70 Å². The van der Waals surface area contributed by atoms with Crippen LogP contribution in [0.5, 0.6) is 0 Å². The Morgan fingerprint density at radius 2 is 1.62 bits per heavy atom. The van der Waals surface area contributed by atoms with Crippen molar-refractivity contribution in [1.29, 1.82) is 0 Å². The van der Waals surface area contributed by atoms with Crippen molar-refractivity contribution in [3.63, 3.8) is 0 Å². The van der Waals surface area contributed by atoms with E-state index in [4.69, 9.17) is 58.0 Å². The molecule has 1 rings (SSSR count). The van der Waals surface area contributed by atoms with Crippen molar-refractivity contribution in [3.8, 4) is 0 Å². The van der Waals surface area contributed by atoms with Gasteiger partial charge in [-0.05, 0) is 34.2 Å². The lowest BCUT2D eigenvalue weighted by atomic mass is 10.4. The third kappa shape index (κ3) is 3.11. The van der Waals surface area contributed by atoms with Crippen LogP contribution < -0.4 is 0 Å². The molecule has 72 valence electrons. The van der Waals surface area contributed by atoms with Crippen LogP contribution in [0.15, 0.2) is 0 Å². The monoisotopic (exact) mass is 390 g/mol. The molecule has 1 heterocycles. The van der Waals surface area contributed by atoms with E-state index in [1.54, 1.807) is 0 Å². The third-order valence-corrected chi connectivity index (χ3v) is 3.22. The summed E-state index contributed by atoms with van der Waals surface area (Å²) < 4.78 is -1.25. The van der Waals surface area contributed by atoms with Crippen LogP contribution in [0.1, 0.15) is 5.69 Å². The quantitative estimate of drug-likeness (QED) is 0.286. The summed E-state index contributed by atoms with van der Waals surface area (Å²) in [6.07, 6.45) is 0. The standard InChI is InChI=1S/C5Cl5IN2/c6-1-2(5(8,9)10)12-4(7)13-3(1)11. The number of hydrogen-bond donors (Lipinski definition) is 0. The first-order valence-corrected chi connectivity index (χ1v) is 5.75. The molecular formula is C5Cl5IN2. The zero-order valence-electron chi connectivity index (χ0n) is 5.66. The van der Waals surface area contributed by atoms with Gasteiger partial charge >= 0.3 is 0 Å². The number of alkyl halides is 3. The fourth-order valence-corrected chi connectivity index (χ4v) is 2.16. The highest BCUT2D eigenvalue weighted by Gasteiger charge is 2.29. The zero-order valence-corrected chi connectivity index (χ0v) is 11.6. The molecule has 8 heteroatoms. The highest BCUT2D eigenvalue weighted by Crippen LogP contribution is 2.41. The first-order chi connectivity index (χ1) is 5.82. The minimum absolute atomic E-state index is 0.00451. The van der Waals surface area contributed by atoms with Crippen molar-refractivity contribution in [2.45, 2.75) is 3.79 Å². The molecule has 0 amide bonds. The summed E-state index contributed by atoms with van der Waals surface area (Å²) in [5.74, 6) is 0. The van der Waals surface area contributed by atoms with Gasteiger partial charge in [-0.2, -0.15) is 0 Å². The van der Waals surface area contributed by atoms with Crippen LogP contribution in [0, 0.1) is 3.70 Å². The second-order valence-corrected chi connectivity index (χ2v) is 5.96. The summed E-state index contributed by atoms with van der Waals surface area (Å²) in [5.41, 5.74) is 0.0866. The molecule has 0 aliphatic heterocycles. The molecular weight excluding hydrogens is 392 g/mol. The molecule has 0 saturated heterocycles. The molecule has 0 bridgehead atoms. The van der Waals surface area contributed by atoms with Crippen molar-refractivity contribution in [3.05, 3.63) is 19.7 Å². The molecule has 2 nitrogen and oxygen atoms in total. The van der Waals surface area contributed by atoms with Gasteiger partial charge in [-0.15, -0.1) is 0 Å². The van der Waals surface area contributed by atoms with Gasteiger partial charge < -0.3 is 0 Å². The van der Waals surface area contributed by atoms with E-state index in [0.717, 1.165) is 0 Å². The maximum absolute atomic E-state index is 5.81. The Hall–Kier alpha value is 1.26. The van der Waals surface area contributed by atoms with Crippen LogP contribution in [-0.4, -0.2) is 9.97 Å². The van der Waals surface area contributed by atoms with Crippen LogP contribution in [0.3, 0.4) is 0 Å². The van der Waals surface area contributed by atoms with Gasteiger partial charge in [0.25, 0.3) is 0 Å². The second kappa shape index (κ2) is 4.41. The topological polar surface area (TPSA) is 25.8 Å². The Bertz CT molecular complexity index is 336. The number of aromatic nitrogens is 2. The van der Waals surface area contributed by atoms with E-state index in [9.17, 15) is 0 Å². The van der Waals surface area contributed by atoms with Crippen molar-refractivity contribution in [1.82, 2.24) is 9.97 Å². The summed E-state index contributed by atoms with van der Waals surface area (Å²) in [7, 11) is 0. The lowest BCUT2D eigenvalue weighted by Crippen LogP contribution is -2.07. The lowest BCUT2D eigenvalue weighted by molar-refractivity contribution is 1.02. The molecule has 0 aliphatic carbocycles. The average Bonchev–Trinajstić information content (AvgIpc) is 1.94. The summed E-state index contributed by atoms with van der Waals surface area (Å²) in [4.78, 5) is 7.51. The predicted molar refractivity (Wildman–Crippen MR) is 64.0 cm³/mol. The highest BCUT2D eigenvalue weighted by atomic mass is 127. The smallest absolute Gasteiger partial charge is 0.217 e. The summed E-state index contributed by atoms with van der Waals surface area (Å²) in [6.45, 7) is 0. The fraction of sp³-hybridized carbons (Fsp3) is 0.200. The Morgan fingerprint density at radius 3 is 2.08 bits per heavy atom. The van der Waals surface area contributed by atoms with Gasteiger partial charge in [-0.3, -0.25) is 0 Å². The summed E-state index contributed by atoms with van der Waals surface area (Å²) in [5, 5.41) is 0.195. The van der Waals surface area contributed by atoms with E-state index in [1.807, 2.05) is 22.6 Å². The Labute approximate surface area is 113 Å². The molecule has 0 saturated carbocycles. The minimum atomic E-state index is -1.69. The van der Waals surface area contributed by atoms with Crippen LogP contribution in [0.2, 0.25) is 10.3 Å². The van der Waals surface area contributed by atoms with Crippen molar-refractivity contribution >= 4 is 80.6 Å². The molecule has 0 spiro atoms. The number of hydrogen-bond acceptors (Lipinski definition) is 2. The van der Waals surface area contributed by atoms with E-state index in [1.165, 1.54) is 0 Å². The van der Waals surface area contributed by atoms with Gasteiger partial charge in [-0.25, -0.2) is 9.97 Å². The van der Waals surface area contributed by atoms with E-state index < -0.39 is 3.79 Å². The Balaban J connectivity index is 3.37. The molecule has 0 radical (unpaired) electrons. The molecule has 0 fully saturated rings. The first-order valence-electron chi connectivity index (χ1n) is 2.78. The van der Waals surface area contributed by atoms with Gasteiger partial charge in [-0.1, -0.05) is 46.4 Å². The highest BCUT2D eigenvalue weighted by molar-refractivity contribution is 14.1. The molecule has 1 aromatic rings. The normalized spacial score (nSPS) is 11.8. The SMILES string of the molecule is Clc1nc(I)c(Cl)c(C(Cl)(Cl)Cl)n1. The Morgan fingerprint density at radius 1 is 1.08 bits per heavy atom. The molecule has 0 aliphatic rings. The van der Waals surface area contributed by atoms with Gasteiger partial charge in [0.05, 0.1) is 5.02 Å². The first kappa shape index (κ1) is 12.3. The van der Waals surface area contributed by atoms with Crippen LogP contribution in [0.25, 0.3) is 0 Å². The minimum Gasteiger partial charge on any atom is -0.217 e. The van der Waals surface area contributed by atoms with Crippen LogP contribution >= 0.6 is 80.6 Å². The predicted octanol–water partition coefficient (Wildman–Crippen LogP) is 4.21. The largest absolute Gasteiger partial charge is 0.234 e. The van der Waals surface area contributed by atoms with E-state index >= 15 is 0 Å². The van der Waals surface area contributed by atoms with Crippen LogP contribution in [0.4, 0.5) is 0 Å². The Kier molecular flexibility index (Phi) is 4.18. The average molecular weight is 392 g/mol. The lowest BCUT2D eigenvalue weighted by Gasteiger charge is -2.12. The summed E-state index contributed by atoms with van der Waals surface area (Å²) in [6, 6.07) is 0. The van der Waals surface area contributed by atoms with Gasteiger partial charge in [0, 0.05) is 0 Å². The number of nitrogens with zero attached hydrogens (tertiary/aromatic N) is 2. The molecule has 0 N–H and O–H groups in total. The number of halogens is 6. The third-order valence-electron chi connectivity index (χ3n) is 1.05. The molecule has 0 atom stereocenters. The molecule has 0 aromatic carbocycles. The molecule has 1 aromatic heterocycles. The molecule has 0 unspecified atom stereocenters. The maximum Gasteiger partial charge on any atom is 0.234 e. The van der Waals surface area contributed by atoms with Crippen molar-refractivity contribution < 1.29 is 0 Å². The summed E-state index contributed by atoms with van der Waals surface area (Å²) >= 11 is 30.0. The van der Waals surface area contributed by atoms with Crippen LogP contribution in [-0.2, 0) is 3.79 Å². The fourth-order valence-electron chi connectivity index (χ4n) is 0.582. The van der Waals surface area contributed by atoms with Gasteiger partial charge in [0.2, 0.25) is 9.08 Å². The van der Waals surface area contributed by atoms with Gasteiger partial charge in [0.1, 0.15) is 9.39 Å². The van der Waals surface area contributed by atoms with Crippen molar-refractivity contribution in [2.24, 2.45) is 0 Å². The molecule has 13 heavy (non-hydrogen) atoms.